The number of hydrogen-bond donors (Lipinski definition) is 1. The molecule has 0 radical (unpaired) electrons. The molecule has 3 nitrogen and oxygen atoms in total. The van der Waals surface area contributed by atoms with Gasteiger partial charge in [-0.15, -0.1) is 0 Å². The van der Waals surface area contributed by atoms with Crippen LogP contribution in [-0.4, -0.2) is 18.2 Å². The third-order valence-corrected chi connectivity index (χ3v) is 3.47. The Morgan fingerprint density at radius 3 is 3.00 bits per heavy atom. The summed E-state index contributed by atoms with van der Waals surface area (Å²) < 4.78 is 18.9. The first-order valence-corrected chi connectivity index (χ1v) is 6.56. The highest BCUT2D eigenvalue weighted by atomic mass is 19.1. The van der Waals surface area contributed by atoms with E-state index in [9.17, 15) is 4.39 Å². The van der Waals surface area contributed by atoms with Crippen LogP contribution in [0.1, 0.15) is 37.8 Å². The predicted octanol–water partition coefficient (Wildman–Crippen LogP) is 2.74. The lowest BCUT2D eigenvalue weighted by Gasteiger charge is -2.36. The van der Waals surface area contributed by atoms with Gasteiger partial charge in [-0.05, 0) is 50.5 Å². The SMILES string of the molecule is CC1(C)CC(NCc2cc(F)ccc2C#N)CCO1. The van der Waals surface area contributed by atoms with Gasteiger partial charge >= 0.3 is 0 Å². The van der Waals surface area contributed by atoms with E-state index in [0.717, 1.165) is 19.4 Å². The van der Waals surface area contributed by atoms with Gasteiger partial charge in [0.1, 0.15) is 5.82 Å². The summed E-state index contributed by atoms with van der Waals surface area (Å²) in [5.41, 5.74) is 1.13. The summed E-state index contributed by atoms with van der Waals surface area (Å²) in [5, 5.41) is 12.4. The molecule has 0 saturated carbocycles. The van der Waals surface area contributed by atoms with Gasteiger partial charge in [0.25, 0.3) is 0 Å². The quantitative estimate of drug-likeness (QED) is 0.911. The van der Waals surface area contributed by atoms with Crippen LogP contribution in [0.15, 0.2) is 18.2 Å². The van der Waals surface area contributed by atoms with Gasteiger partial charge in [-0.3, -0.25) is 0 Å². The molecule has 1 fully saturated rings. The number of halogens is 1. The molecule has 1 heterocycles. The van der Waals surface area contributed by atoms with Crippen molar-refractivity contribution in [3.8, 4) is 6.07 Å². The van der Waals surface area contributed by atoms with Crippen molar-refractivity contribution in [1.29, 1.82) is 5.26 Å². The van der Waals surface area contributed by atoms with Gasteiger partial charge < -0.3 is 10.1 Å². The van der Waals surface area contributed by atoms with Crippen molar-refractivity contribution in [2.24, 2.45) is 0 Å². The van der Waals surface area contributed by atoms with Crippen LogP contribution in [0.3, 0.4) is 0 Å². The van der Waals surface area contributed by atoms with E-state index < -0.39 is 0 Å². The van der Waals surface area contributed by atoms with Crippen LogP contribution < -0.4 is 5.32 Å². The Morgan fingerprint density at radius 2 is 2.32 bits per heavy atom. The van der Waals surface area contributed by atoms with Crippen LogP contribution in [0.25, 0.3) is 0 Å². The Kier molecular flexibility index (Phi) is 4.18. The topological polar surface area (TPSA) is 45.0 Å². The first kappa shape index (κ1) is 14.0. The van der Waals surface area contributed by atoms with E-state index in [1.54, 1.807) is 0 Å². The fourth-order valence-electron chi connectivity index (χ4n) is 2.48. The molecule has 1 aromatic rings. The third-order valence-electron chi connectivity index (χ3n) is 3.47. The van der Waals surface area contributed by atoms with Crippen LogP contribution in [0, 0.1) is 17.1 Å². The zero-order valence-electron chi connectivity index (χ0n) is 11.4. The molecule has 0 amide bonds. The van der Waals surface area contributed by atoms with E-state index in [2.05, 4.69) is 25.2 Å². The number of nitriles is 1. The minimum absolute atomic E-state index is 0.115. The van der Waals surface area contributed by atoms with Crippen molar-refractivity contribution in [3.63, 3.8) is 0 Å². The highest BCUT2D eigenvalue weighted by molar-refractivity contribution is 5.37. The smallest absolute Gasteiger partial charge is 0.123 e. The zero-order valence-corrected chi connectivity index (χ0v) is 11.4. The number of nitrogens with zero attached hydrogens (tertiary/aromatic N) is 1. The maximum atomic E-state index is 13.2. The molecule has 19 heavy (non-hydrogen) atoms. The minimum Gasteiger partial charge on any atom is -0.375 e. The van der Waals surface area contributed by atoms with Crippen LogP contribution in [-0.2, 0) is 11.3 Å². The number of rotatable bonds is 3. The van der Waals surface area contributed by atoms with Crippen molar-refractivity contribution < 1.29 is 9.13 Å². The maximum absolute atomic E-state index is 13.2. The van der Waals surface area contributed by atoms with Gasteiger partial charge in [0.05, 0.1) is 17.2 Å². The van der Waals surface area contributed by atoms with Crippen LogP contribution >= 0.6 is 0 Å². The molecule has 0 bridgehead atoms. The summed E-state index contributed by atoms with van der Waals surface area (Å²) >= 11 is 0. The molecule has 0 aromatic heterocycles. The Labute approximate surface area is 113 Å². The molecule has 1 aliphatic rings. The van der Waals surface area contributed by atoms with Gasteiger partial charge in [-0.25, -0.2) is 4.39 Å². The van der Waals surface area contributed by atoms with Crippen molar-refractivity contribution in [1.82, 2.24) is 5.32 Å². The number of hydrogen-bond acceptors (Lipinski definition) is 3. The lowest BCUT2D eigenvalue weighted by atomic mass is 9.93. The van der Waals surface area contributed by atoms with E-state index in [0.29, 0.717) is 23.7 Å². The molecule has 0 aliphatic carbocycles. The monoisotopic (exact) mass is 262 g/mol. The summed E-state index contributed by atoms with van der Waals surface area (Å²) in [7, 11) is 0. The fourth-order valence-corrected chi connectivity index (χ4v) is 2.48. The molecular formula is C15H19FN2O. The fraction of sp³-hybridized carbons (Fsp3) is 0.533. The highest BCUT2D eigenvalue weighted by Gasteiger charge is 2.28. The molecule has 1 saturated heterocycles. The summed E-state index contributed by atoms with van der Waals surface area (Å²) in [6.07, 6.45) is 1.87. The second kappa shape index (κ2) is 5.68. The highest BCUT2D eigenvalue weighted by Crippen LogP contribution is 2.24. The normalized spacial score (nSPS) is 21.9. The van der Waals surface area contributed by atoms with Crippen molar-refractivity contribution in [2.75, 3.05) is 6.61 Å². The number of benzene rings is 1. The van der Waals surface area contributed by atoms with Gasteiger partial charge in [0.2, 0.25) is 0 Å². The number of nitrogens with one attached hydrogen (secondary N) is 1. The average Bonchev–Trinajstić information content (AvgIpc) is 2.35. The van der Waals surface area contributed by atoms with Crippen LogP contribution in [0.4, 0.5) is 4.39 Å². The number of ether oxygens (including phenoxy) is 1. The molecule has 102 valence electrons. The Morgan fingerprint density at radius 1 is 1.53 bits per heavy atom. The Balaban J connectivity index is 1.99. The second-order valence-corrected chi connectivity index (χ2v) is 5.59. The lowest BCUT2D eigenvalue weighted by molar-refractivity contribution is -0.0630. The molecule has 1 aliphatic heterocycles. The van der Waals surface area contributed by atoms with Gasteiger partial charge in [0, 0.05) is 19.2 Å². The van der Waals surface area contributed by atoms with Gasteiger partial charge in [-0.2, -0.15) is 5.26 Å². The van der Waals surface area contributed by atoms with E-state index in [1.807, 2.05) is 0 Å². The minimum atomic E-state index is -0.303. The third kappa shape index (κ3) is 3.76. The first-order valence-electron chi connectivity index (χ1n) is 6.56. The summed E-state index contributed by atoms with van der Waals surface area (Å²) in [6, 6.07) is 6.72. The van der Waals surface area contributed by atoms with Gasteiger partial charge in [-0.1, -0.05) is 0 Å². The maximum Gasteiger partial charge on any atom is 0.123 e. The van der Waals surface area contributed by atoms with Crippen LogP contribution in [0.5, 0.6) is 0 Å². The largest absolute Gasteiger partial charge is 0.375 e. The molecule has 1 aromatic carbocycles. The first-order chi connectivity index (χ1) is 9.00. The summed E-state index contributed by atoms with van der Waals surface area (Å²) in [5.74, 6) is -0.303. The van der Waals surface area contributed by atoms with E-state index in [4.69, 9.17) is 10.00 Å². The Bertz CT molecular complexity index is 493. The van der Waals surface area contributed by atoms with Crippen molar-refractivity contribution in [2.45, 2.75) is 44.9 Å². The van der Waals surface area contributed by atoms with Crippen LogP contribution in [0.2, 0.25) is 0 Å². The molecule has 0 spiro atoms. The van der Waals surface area contributed by atoms with E-state index in [1.165, 1.54) is 18.2 Å². The molecule has 2 rings (SSSR count). The molecule has 4 heteroatoms. The summed E-state index contributed by atoms with van der Waals surface area (Å²) in [4.78, 5) is 0. The predicted molar refractivity (Wildman–Crippen MR) is 71.0 cm³/mol. The summed E-state index contributed by atoms with van der Waals surface area (Å²) in [6.45, 7) is 5.40. The zero-order chi connectivity index (χ0) is 13.9. The standard InChI is InChI=1S/C15H19FN2O/c1-15(2)8-14(5-6-19-15)18-10-12-7-13(16)4-3-11(12)9-17/h3-4,7,14,18H,5-6,8,10H2,1-2H3. The molecule has 1 unspecified atom stereocenters. The molecular weight excluding hydrogens is 243 g/mol. The van der Waals surface area contributed by atoms with E-state index >= 15 is 0 Å². The van der Waals surface area contributed by atoms with E-state index in [-0.39, 0.29) is 11.4 Å². The van der Waals surface area contributed by atoms with Crippen molar-refractivity contribution >= 4 is 0 Å². The van der Waals surface area contributed by atoms with Crippen molar-refractivity contribution in [3.05, 3.63) is 35.1 Å². The lowest BCUT2D eigenvalue weighted by Crippen LogP contribution is -2.43. The molecule has 1 atom stereocenters. The second-order valence-electron chi connectivity index (χ2n) is 5.59. The Hall–Kier alpha value is -1.44. The average molecular weight is 262 g/mol. The molecule has 1 N–H and O–H groups in total. The van der Waals surface area contributed by atoms with Gasteiger partial charge in [0.15, 0.2) is 0 Å².